The van der Waals surface area contributed by atoms with Gasteiger partial charge >= 0.3 is 7.12 Å². The molecule has 7 atom stereocenters. The SMILES string of the molecule is COc1ccc(C[C@H](NC(=O)Cc2cccc(Oc3ccccc3)c2)C(=O)N[C@H](C(=O)N[C@@H](CC(C)C)B2O[C@@H]3C[C@H]4C[C@H](C4(C)C)[C@]3(C)O2)C(C)C)c(OC)c1OC. The molecular formula is C46H62BN3O9. The molecule has 12 nitrogen and oxygen atoms in total. The summed E-state index contributed by atoms with van der Waals surface area (Å²) in [4.78, 5) is 42.6. The van der Waals surface area contributed by atoms with Crippen molar-refractivity contribution in [3.8, 4) is 28.7 Å². The van der Waals surface area contributed by atoms with Crippen molar-refractivity contribution < 1.29 is 42.6 Å². The van der Waals surface area contributed by atoms with Gasteiger partial charge in [0.25, 0.3) is 0 Å². The third-order valence-electron chi connectivity index (χ3n) is 12.7. The third-order valence-corrected chi connectivity index (χ3v) is 12.7. The quantitative estimate of drug-likeness (QED) is 0.120. The van der Waals surface area contributed by atoms with Crippen LogP contribution in [-0.4, -0.2) is 75.9 Å². The number of hydrogen-bond acceptors (Lipinski definition) is 9. The van der Waals surface area contributed by atoms with Crippen molar-refractivity contribution in [2.75, 3.05) is 21.3 Å². The Morgan fingerprint density at radius 3 is 2.17 bits per heavy atom. The van der Waals surface area contributed by atoms with Crippen molar-refractivity contribution in [3.05, 3.63) is 77.9 Å². The van der Waals surface area contributed by atoms with Gasteiger partial charge in [-0.05, 0) is 91.2 Å². The lowest BCUT2D eigenvalue weighted by Gasteiger charge is -2.64. The largest absolute Gasteiger partial charge is 0.493 e. The van der Waals surface area contributed by atoms with Gasteiger partial charge in [0.2, 0.25) is 23.5 Å². The molecule has 3 aromatic carbocycles. The molecule has 1 aliphatic heterocycles. The normalized spacial score (nSPS) is 23.0. The second-order valence-electron chi connectivity index (χ2n) is 17.9. The number of benzene rings is 3. The van der Waals surface area contributed by atoms with Crippen LogP contribution >= 0.6 is 0 Å². The zero-order valence-corrected chi connectivity index (χ0v) is 36.3. The average molecular weight is 812 g/mol. The molecule has 4 aliphatic rings. The predicted octanol–water partition coefficient (Wildman–Crippen LogP) is 6.71. The zero-order chi connectivity index (χ0) is 42.6. The molecule has 3 N–H and O–H groups in total. The fourth-order valence-electron chi connectivity index (χ4n) is 9.41. The number of carbonyl (C=O) groups excluding carboxylic acids is 3. The molecule has 3 amide bonds. The highest BCUT2D eigenvalue weighted by Crippen LogP contribution is 2.65. The summed E-state index contributed by atoms with van der Waals surface area (Å²) in [5.74, 6) is 1.64. The minimum Gasteiger partial charge on any atom is -0.493 e. The first-order chi connectivity index (χ1) is 28.1. The van der Waals surface area contributed by atoms with Crippen LogP contribution in [0.3, 0.4) is 0 Å². The molecule has 3 aromatic rings. The van der Waals surface area contributed by atoms with E-state index in [1.54, 1.807) is 18.2 Å². The molecule has 3 saturated carbocycles. The highest BCUT2D eigenvalue weighted by molar-refractivity contribution is 6.48. The maximum Gasteiger partial charge on any atom is 0.481 e. The third kappa shape index (κ3) is 9.52. The number of amides is 3. The summed E-state index contributed by atoms with van der Waals surface area (Å²) >= 11 is 0. The van der Waals surface area contributed by atoms with Crippen LogP contribution in [0.25, 0.3) is 0 Å². The molecule has 0 radical (unpaired) electrons. The Bertz CT molecular complexity index is 1960. The van der Waals surface area contributed by atoms with Crippen LogP contribution < -0.4 is 34.9 Å². The van der Waals surface area contributed by atoms with E-state index in [2.05, 4.69) is 50.6 Å². The predicted molar refractivity (Wildman–Crippen MR) is 227 cm³/mol. The van der Waals surface area contributed by atoms with E-state index in [9.17, 15) is 14.4 Å². The number of hydrogen-bond donors (Lipinski definition) is 3. The van der Waals surface area contributed by atoms with E-state index in [-0.39, 0.29) is 42.1 Å². The first kappa shape index (κ1) is 43.8. The van der Waals surface area contributed by atoms with Gasteiger partial charge in [0.15, 0.2) is 11.5 Å². The van der Waals surface area contributed by atoms with Crippen molar-refractivity contribution in [1.29, 1.82) is 0 Å². The topological polar surface area (TPSA) is 143 Å². The van der Waals surface area contributed by atoms with Gasteiger partial charge < -0.3 is 44.2 Å². The molecule has 1 heterocycles. The molecule has 59 heavy (non-hydrogen) atoms. The molecule has 0 aromatic heterocycles. The van der Waals surface area contributed by atoms with E-state index in [4.69, 9.17) is 28.3 Å². The summed E-state index contributed by atoms with van der Waals surface area (Å²) in [6.45, 7) is 14.8. The van der Waals surface area contributed by atoms with Crippen molar-refractivity contribution in [2.45, 2.75) is 110 Å². The Kier molecular flexibility index (Phi) is 13.6. The summed E-state index contributed by atoms with van der Waals surface area (Å²) in [7, 11) is 3.92. The highest BCUT2D eigenvalue weighted by Gasteiger charge is 2.68. The van der Waals surface area contributed by atoms with E-state index in [0.29, 0.717) is 58.1 Å². The molecule has 1 saturated heterocycles. The van der Waals surface area contributed by atoms with Gasteiger partial charge in [0.05, 0.1) is 45.4 Å². The first-order valence-electron chi connectivity index (χ1n) is 20.9. The smallest absolute Gasteiger partial charge is 0.481 e. The molecule has 4 fully saturated rings. The van der Waals surface area contributed by atoms with Crippen LogP contribution in [0.15, 0.2) is 66.7 Å². The lowest BCUT2D eigenvalue weighted by molar-refractivity contribution is -0.199. The van der Waals surface area contributed by atoms with Crippen LogP contribution in [0.2, 0.25) is 0 Å². The summed E-state index contributed by atoms with van der Waals surface area (Å²) in [5.41, 5.74) is 1.04. The number of carbonyl (C=O) groups is 3. The highest BCUT2D eigenvalue weighted by atomic mass is 16.7. The van der Waals surface area contributed by atoms with E-state index in [1.165, 1.54) is 21.3 Å². The summed E-state index contributed by atoms with van der Waals surface area (Å²) < 4.78 is 36.3. The van der Waals surface area contributed by atoms with E-state index in [0.717, 1.165) is 12.8 Å². The van der Waals surface area contributed by atoms with Crippen molar-refractivity contribution in [3.63, 3.8) is 0 Å². The van der Waals surface area contributed by atoms with Crippen molar-refractivity contribution in [2.24, 2.45) is 29.1 Å². The first-order valence-corrected chi connectivity index (χ1v) is 20.9. The van der Waals surface area contributed by atoms with Gasteiger partial charge in [-0.25, -0.2) is 0 Å². The number of nitrogens with one attached hydrogen (secondary N) is 3. The fraction of sp³-hybridized carbons (Fsp3) is 0.543. The van der Waals surface area contributed by atoms with E-state index < -0.39 is 42.6 Å². The molecular weight excluding hydrogens is 749 g/mol. The van der Waals surface area contributed by atoms with Crippen molar-refractivity contribution >= 4 is 24.8 Å². The monoisotopic (exact) mass is 811 g/mol. The summed E-state index contributed by atoms with van der Waals surface area (Å²) in [6.07, 6.45) is 2.67. The van der Waals surface area contributed by atoms with Gasteiger partial charge in [-0.3, -0.25) is 14.4 Å². The lowest BCUT2D eigenvalue weighted by Crippen LogP contribution is -2.65. The minimum atomic E-state index is -1.10. The number of para-hydroxylation sites is 1. The van der Waals surface area contributed by atoms with Crippen molar-refractivity contribution in [1.82, 2.24) is 16.0 Å². The Balaban J connectivity index is 1.21. The minimum absolute atomic E-state index is 0.0239. The average Bonchev–Trinajstić information content (AvgIpc) is 3.56. The molecule has 7 rings (SSSR count). The fourth-order valence-corrected chi connectivity index (χ4v) is 9.41. The molecule has 0 unspecified atom stereocenters. The summed E-state index contributed by atoms with van der Waals surface area (Å²) in [5, 5.41) is 9.18. The van der Waals surface area contributed by atoms with Crippen LogP contribution in [0, 0.1) is 29.1 Å². The van der Waals surface area contributed by atoms with E-state index in [1.807, 2.05) is 62.4 Å². The zero-order valence-electron chi connectivity index (χ0n) is 36.3. The Labute approximate surface area is 349 Å². The van der Waals surface area contributed by atoms with Crippen LogP contribution in [0.1, 0.15) is 78.9 Å². The molecule has 2 bridgehead atoms. The maximum absolute atomic E-state index is 14.5. The van der Waals surface area contributed by atoms with Crippen LogP contribution in [-0.2, 0) is 36.5 Å². The van der Waals surface area contributed by atoms with E-state index >= 15 is 0 Å². The second-order valence-corrected chi connectivity index (χ2v) is 17.9. The number of ether oxygens (including phenoxy) is 4. The maximum atomic E-state index is 14.5. The Morgan fingerprint density at radius 2 is 1.53 bits per heavy atom. The molecule has 3 aliphatic carbocycles. The Hall–Kier alpha value is -4.75. The lowest BCUT2D eigenvalue weighted by atomic mass is 9.43. The van der Waals surface area contributed by atoms with Gasteiger partial charge in [-0.15, -0.1) is 0 Å². The summed E-state index contributed by atoms with van der Waals surface area (Å²) in [6, 6.07) is 18.1. The van der Waals surface area contributed by atoms with Gasteiger partial charge in [-0.1, -0.05) is 77.9 Å². The van der Waals surface area contributed by atoms with Gasteiger partial charge in [0.1, 0.15) is 23.6 Å². The van der Waals surface area contributed by atoms with Crippen LogP contribution in [0.4, 0.5) is 0 Å². The Morgan fingerprint density at radius 1 is 0.814 bits per heavy atom. The van der Waals surface area contributed by atoms with Gasteiger partial charge in [-0.2, -0.15) is 0 Å². The molecule has 13 heteroatoms. The molecule has 318 valence electrons. The number of methoxy groups -OCH3 is 3. The van der Waals surface area contributed by atoms with Gasteiger partial charge in [0, 0.05) is 12.0 Å². The van der Waals surface area contributed by atoms with Crippen LogP contribution in [0.5, 0.6) is 28.7 Å². The number of rotatable bonds is 18. The second kappa shape index (κ2) is 18.3. The molecule has 0 spiro atoms. The standard InChI is InChI=1S/C46H62BN3O9/c1-27(2)21-38(47-58-37-26-31-25-36(45(31,5)6)46(37,7)59-47)49-44(53)40(28(3)4)50-43(52)34(24-30-19-20-35(54-8)42(56-10)41(30)55-9)48-39(51)23-29-15-14-18-33(22-29)57-32-16-12-11-13-17-32/h11-20,22,27-28,31,34,36-38,40H,21,23-26H2,1-10H3,(H,48,51)(H,49,53)(H,50,52)/t31-,34+,36-,37-,38+,40+,46+/m1/s1.